The summed E-state index contributed by atoms with van der Waals surface area (Å²) in [6.07, 6.45) is 8.78. The molecule has 0 amide bonds. The molecule has 58 valence electrons. The molecular weight excluding hydrogens is 136 g/mol. The minimum Gasteiger partial charge on any atom is -0.273 e. The largest absolute Gasteiger partial charge is 0.273 e. The van der Waals surface area contributed by atoms with Crippen molar-refractivity contribution in [2.24, 2.45) is 0 Å². The molecule has 1 aromatic rings. The van der Waals surface area contributed by atoms with Crippen molar-refractivity contribution in [3.8, 4) is 12.3 Å². The monoisotopic (exact) mass is 148 g/mol. The molecule has 0 N–H and O–H groups in total. The van der Waals surface area contributed by atoms with Gasteiger partial charge in [0.25, 0.3) is 0 Å². The van der Waals surface area contributed by atoms with Crippen LogP contribution in [-0.4, -0.2) is 9.78 Å². The van der Waals surface area contributed by atoms with Gasteiger partial charge in [0.15, 0.2) is 0 Å². The lowest BCUT2D eigenvalue weighted by Gasteiger charge is -1.92. The normalized spacial score (nSPS) is 9.45. The van der Waals surface area contributed by atoms with Crippen molar-refractivity contribution in [3.63, 3.8) is 0 Å². The van der Waals surface area contributed by atoms with E-state index < -0.39 is 0 Å². The van der Waals surface area contributed by atoms with E-state index in [9.17, 15) is 0 Å². The Balaban J connectivity index is 2.53. The van der Waals surface area contributed by atoms with E-state index in [2.05, 4.69) is 17.9 Å². The standard InChI is InChI=1S/C9H12N2/c1-3-5-6-9-7-8-11(4-2)10-9/h1,7-8H,4-6H2,2H3. The molecule has 0 saturated carbocycles. The van der Waals surface area contributed by atoms with E-state index in [1.165, 1.54) is 0 Å². The van der Waals surface area contributed by atoms with Crippen LogP contribution in [0.5, 0.6) is 0 Å². The first-order valence-corrected chi connectivity index (χ1v) is 3.82. The Morgan fingerprint density at radius 2 is 2.55 bits per heavy atom. The number of nitrogens with zero attached hydrogens (tertiary/aromatic N) is 2. The topological polar surface area (TPSA) is 17.8 Å². The van der Waals surface area contributed by atoms with Crippen molar-refractivity contribution in [2.45, 2.75) is 26.3 Å². The van der Waals surface area contributed by atoms with Crippen LogP contribution < -0.4 is 0 Å². The van der Waals surface area contributed by atoms with Crippen LogP contribution >= 0.6 is 0 Å². The molecule has 11 heavy (non-hydrogen) atoms. The first-order chi connectivity index (χ1) is 5.36. The first-order valence-electron chi connectivity index (χ1n) is 3.82. The van der Waals surface area contributed by atoms with Crippen molar-refractivity contribution in [3.05, 3.63) is 18.0 Å². The summed E-state index contributed by atoms with van der Waals surface area (Å²) in [5, 5.41) is 4.29. The third-order valence-corrected chi connectivity index (χ3v) is 1.55. The summed E-state index contributed by atoms with van der Waals surface area (Å²) in [6.45, 7) is 2.99. The summed E-state index contributed by atoms with van der Waals surface area (Å²) in [4.78, 5) is 0. The molecular formula is C9H12N2. The quantitative estimate of drug-likeness (QED) is 0.593. The van der Waals surface area contributed by atoms with E-state index in [0.717, 1.165) is 25.1 Å². The van der Waals surface area contributed by atoms with Gasteiger partial charge in [0, 0.05) is 25.6 Å². The third-order valence-electron chi connectivity index (χ3n) is 1.55. The molecule has 0 aliphatic carbocycles. The van der Waals surface area contributed by atoms with Gasteiger partial charge in [0.05, 0.1) is 5.69 Å². The first kappa shape index (κ1) is 7.87. The number of hydrogen-bond acceptors (Lipinski definition) is 1. The zero-order valence-corrected chi connectivity index (χ0v) is 6.75. The fourth-order valence-corrected chi connectivity index (χ4v) is 0.913. The van der Waals surface area contributed by atoms with Crippen molar-refractivity contribution >= 4 is 0 Å². The molecule has 0 aromatic carbocycles. The number of aryl methyl sites for hydroxylation is 2. The van der Waals surface area contributed by atoms with Crippen molar-refractivity contribution in [1.82, 2.24) is 9.78 Å². The molecule has 1 aromatic heterocycles. The lowest BCUT2D eigenvalue weighted by Crippen LogP contribution is -1.95. The summed E-state index contributed by atoms with van der Waals surface area (Å²) in [5.74, 6) is 2.59. The number of aromatic nitrogens is 2. The summed E-state index contributed by atoms with van der Waals surface area (Å²) in [6, 6.07) is 2.01. The van der Waals surface area contributed by atoms with Crippen LogP contribution in [0.25, 0.3) is 0 Å². The maximum absolute atomic E-state index is 5.13. The second kappa shape index (κ2) is 3.82. The van der Waals surface area contributed by atoms with Crippen LogP contribution in [0.1, 0.15) is 19.0 Å². The summed E-state index contributed by atoms with van der Waals surface area (Å²) in [5.41, 5.74) is 1.09. The Kier molecular flexibility index (Phi) is 2.74. The third kappa shape index (κ3) is 2.12. The van der Waals surface area contributed by atoms with Gasteiger partial charge in [-0.15, -0.1) is 12.3 Å². The second-order valence-electron chi connectivity index (χ2n) is 2.37. The van der Waals surface area contributed by atoms with Gasteiger partial charge in [-0.1, -0.05) is 0 Å². The van der Waals surface area contributed by atoms with Gasteiger partial charge in [0.2, 0.25) is 0 Å². The molecule has 0 atom stereocenters. The van der Waals surface area contributed by atoms with Gasteiger partial charge >= 0.3 is 0 Å². The van der Waals surface area contributed by atoms with E-state index in [-0.39, 0.29) is 0 Å². The molecule has 1 heterocycles. The summed E-state index contributed by atoms with van der Waals surface area (Å²) >= 11 is 0. The van der Waals surface area contributed by atoms with Crippen molar-refractivity contribution in [2.75, 3.05) is 0 Å². The predicted octanol–water partition coefficient (Wildman–Crippen LogP) is 1.47. The van der Waals surface area contributed by atoms with Crippen LogP contribution in [0.3, 0.4) is 0 Å². The predicted molar refractivity (Wildman–Crippen MR) is 45.1 cm³/mol. The highest BCUT2D eigenvalue weighted by molar-refractivity contribution is 5.01. The molecule has 0 unspecified atom stereocenters. The van der Waals surface area contributed by atoms with Gasteiger partial charge in [-0.2, -0.15) is 5.10 Å². The number of rotatable bonds is 3. The van der Waals surface area contributed by atoms with Crippen molar-refractivity contribution in [1.29, 1.82) is 0 Å². The lowest BCUT2D eigenvalue weighted by atomic mass is 10.2. The fourth-order valence-electron chi connectivity index (χ4n) is 0.913. The Hall–Kier alpha value is -1.23. The van der Waals surface area contributed by atoms with Crippen LogP contribution in [0.2, 0.25) is 0 Å². The molecule has 0 radical (unpaired) electrons. The molecule has 0 bridgehead atoms. The fraction of sp³-hybridized carbons (Fsp3) is 0.444. The summed E-state index contributed by atoms with van der Waals surface area (Å²) in [7, 11) is 0. The average Bonchev–Trinajstić information content (AvgIpc) is 2.48. The molecule has 0 fully saturated rings. The van der Waals surface area contributed by atoms with Crippen LogP contribution in [0.4, 0.5) is 0 Å². The smallest absolute Gasteiger partial charge is 0.0634 e. The van der Waals surface area contributed by atoms with Gasteiger partial charge in [-0.25, -0.2) is 0 Å². The van der Waals surface area contributed by atoms with E-state index in [0.29, 0.717) is 0 Å². The Morgan fingerprint density at radius 3 is 3.09 bits per heavy atom. The van der Waals surface area contributed by atoms with Gasteiger partial charge in [0.1, 0.15) is 0 Å². The van der Waals surface area contributed by atoms with Gasteiger partial charge in [-0.3, -0.25) is 4.68 Å². The highest BCUT2D eigenvalue weighted by Crippen LogP contribution is 1.98. The lowest BCUT2D eigenvalue weighted by molar-refractivity contribution is 0.646. The second-order valence-corrected chi connectivity index (χ2v) is 2.37. The van der Waals surface area contributed by atoms with Crippen molar-refractivity contribution < 1.29 is 0 Å². The van der Waals surface area contributed by atoms with E-state index in [1.54, 1.807) is 0 Å². The van der Waals surface area contributed by atoms with Crippen LogP contribution in [0.15, 0.2) is 12.3 Å². The van der Waals surface area contributed by atoms with Crippen LogP contribution in [0, 0.1) is 12.3 Å². The Bertz CT molecular complexity index is 255. The van der Waals surface area contributed by atoms with E-state index >= 15 is 0 Å². The Labute approximate surface area is 67.2 Å². The minimum atomic E-state index is 0.778. The average molecular weight is 148 g/mol. The molecule has 0 spiro atoms. The maximum atomic E-state index is 5.13. The number of hydrogen-bond donors (Lipinski definition) is 0. The highest BCUT2D eigenvalue weighted by Gasteiger charge is 1.94. The molecule has 0 saturated heterocycles. The molecule has 1 rings (SSSR count). The van der Waals surface area contributed by atoms with Gasteiger partial charge in [-0.05, 0) is 13.0 Å². The van der Waals surface area contributed by atoms with E-state index in [4.69, 9.17) is 6.42 Å². The van der Waals surface area contributed by atoms with Crippen LogP contribution in [-0.2, 0) is 13.0 Å². The number of terminal acetylenes is 1. The molecule has 2 nitrogen and oxygen atoms in total. The molecule has 2 heteroatoms. The summed E-state index contributed by atoms with van der Waals surface area (Å²) < 4.78 is 1.91. The minimum absolute atomic E-state index is 0.778. The highest BCUT2D eigenvalue weighted by atomic mass is 15.3. The Morgan fingerprint density at radius 1 is 1.73 bits per heavy atom. The molecule has 0 aliphatic heterocycles. The van der Waals surface area contributed by atoms with E-state index in [1.807, 2.05) is 16.9 Å². The molecule has 0 aliphatic rings. The zero-order chi connectivity index (χ0) is 8.10. The van der Waals surface area contributed by atoms with Gasteiger partial charge < -0.3 is 0 Å². The zero-order valence-electron chi connectivity index (χ0n) is 6.75. The maximum Gasteiger partial charge on any atom is 0.0634 e. The SMILES string of the molecule is C#CCCc1ccn(CC)n1.